The molecule has 27 heavy (non-hydrogen) atoms. The van der Waals surface area contributed by atoms with Crippen molar-refractivity contribution >= 4 is 22.8 Å². The highest BCUT2D eigenvalue weighted by atomic mass is 16.5. The highest BCUT2D eigenvalue weighted by Gasteiger charge is 2.14. The molecule has 0 aliphatic rings. The van der Waals surface area contributed by atoms with Crippen LogP contribution in [0.4, 0.5) is 17.2 Å². The number of aromatic nitrogens is 3. The smallest absolute Gasteiger partial charge is 0.158 e. The standard InChI is InChI=1S/C20H18N6O/c1-13-19(24-23-15-6-4-3-5-7-15)20(21)26-18(22-13)12-17(25-26)14-8-10-16(27-2)11-9-14/h3-12H,21H2,1-2H3. The summed E-state index contributed by atoms with van der Waals surface area (Å²) in [7, 11) is 1.64. The van der Waals surface area contributed by atoms with Crippen molar-refractivity contribution in [1.29, 1.82) is 0 Å². The molecule has 134 valence electrons. The molecule has 2 heterocycles. The first-order chi connectivity index (χ1) is 13.2. The number of hydrogen-bond donors (Lipinski definition) is 1. The van der Waals surface area contributed by atoms with Gasteiger partial charge in [-0.1, -0.05) is 18.2 Å². The van der Waals surface area contributed by atoms with Crippen LogP contribution in [-0.4, -0.2) is 21.7 Å². The van der Waals surface area contributed by atoms with Gasteiger partial charge in [-0.05, 0) is 43.3 Å². The molecule has 0 atom stereocenters. The van der Waals surface area contributed by atoms with Crippen LogP contribution in [0, 0.1) is 6.92 Å². The first-order valence-corrected chi connectivity index (χ1v) is 8.43. The third-order valence-electron chi connectivity index (χ3n) is 4.19. The first kappa shape index (κ1) is 16.7. The number of methoxy groups -OCH3 is 1. The molecule has 0 amide bonds. The second kappa shape index (κ2) is 6.87. The zero-order valence-electron chi connectivity index (χ0n) is 15.0. The quantitative estimate of drug-likeness (QED) is 0.535. The van der Waals surface area contributed by atoms with Gasteiger partial charge in [0.1, 0.15) is 11.4 Å². The molecule has 2 N–H and O–H groups in total. The number of nitrogens with zero attached hydrogens (tertiary/aromatic N) is 5. The fourth-order valence-corrected chi connectivity index (χ4v) is 2.77. The Balaban J connectivity index is 1.75. The van der Waals surface area contributed by atoms with Gasteiger partial charge in [0, 0.05) is 11.6 Å². The van der Waals surface area contributed by atoms with Crippen LogP contribution in [-0.2, 0) is 0 Å². The Labute approximate surface area is 156 Å². The molecule has 4 rings (SSSR count). The minimum atomic E-state index is 0.400. The topological polar surface area (TPSA) is 90.2 Å². The molecule has 0 aliphatic heterocycles. The highest BCUT2D eigenvalue weighted by Crippen LogP contribution is 2.30. The zero-order valence-corrected chi connectivity index (χ0v) is 15.0. The van der Waals surface area contributed by atoms with E-state index in [1.165, 1.54) is 0 Å². The molecular weight excluding hydrogens is 340 g/mol. The van der Waals surface area contributed by atoms with E-state index in [0.29, 0.717) is 22.8 Å². The van der Waals surface area contributed by atoms with Crippen molar-refractivity contribution in [2.24, 2.45) is 10.2 Å². The summed E-state index contributed by atoms with van der Waals surface area (Å²) in [6.45, 7) is 1.86. The molecule has 0 spiro atoms. The number of ether oxygens (including phenoxy) is 1. The SMILES string of the molecule is COc1ccc(-c2cc3nc(C)c(N=Nc4ccccc4)c(N)n3n2)cc1. The van der Waals surface area contributed by atoms with Crippen LogP contribution in [0.5, 0.6) is 5.75 Å². The number of anilines is 1. The minimum absolute atomic E-state index is 0.400. The Morgan fingerprint density at radius 2 is 1.74 bits per heavy atom. The summed E-state index contributed by atoms with van der Waals surface area (Å²) < 4.78 is 6.79. The normalized spacial score (nSPS) is 11.3. The molecule has 0 radical (unpaired) electrons. The molecule has 2 aromatic heterocycles. The van der Waals surface area contributed by atoms with Crippen molar-refractivity contribution < 1.29 is 4.74 Å². The van der Waals surface area contributed by atoms with Crippen LogP contribution in [0.15, 0.2) is 70.9 Å². The molecule has 2 aromatic carbocycles. The van der Waals surface area contributed by atoms with Gasteiger partial charge in [0.05, 0.1) is 24.2 Å². The number of aryl methyl sites for hydroxylation is 1. The van der Waals surface area contributed by atoms with Crippen LogP contribution < -0.4 is 10.5 Å². The molecule has 0 fully saturated rings. The summed E-state index contributed by atoms with van der Waals surface area (Å²) in [5, 5.41) is 13.1. The summed E-state index contributed by atoms with van der Waals surface area (Å²) in [6.07, 6.45) is 0. The van der Waals surface area contributed by atoms with E-state index >= 15 is 0 Å². The Morgan fingerprint density at radius 1 is 1.00 bits per heavy atom. The maximum atomic E-state index is 6.31. The molecule has 0 unspecified atom stereocenters. The molecular formula is C20H18N6O. The number of nitrogen functional groups attached to an aromatic ring is 1. The van der Waals surface area contributed by atoms with Crippen LogP contribution in [0.1, 0.15) is 5.69 Å². The lowest BCUT2D eigenvalue weighted by Crippen LogP contribution is -2.02. The number of azo groups is 1. The van der Waals surface area contributed by atoms with E-state index in [9.17, 15) is 0 Å². The summed E-state index contributed by atoms with van der Waals surface area (Å²) in [4.78, 5) is 4.57. The largest absolute Gasteiger partial charge is 0.497 e. The fraction of sp³-hybridized carbons (Fsp3) is 0.100. The second-order valence-electron chi connectivity index (χ2n) is 5.99. The lowest BCUT2D eigenvalue weighted by atomic mass is 10.1. The fourth-order valence-electron chi connectivity index (χ4n) is 2.77. The van der Waals surface area contributed by atoms with Crippen molar-refractivity contribution in [1.82, 2.24) is 14.6 Å². The first-order valence-electron chi connectivity index (χ1n) is 8.43. The van der Waals surface area contributed by atoms with E-state index in [4.69, 9.17) is 10.5 Å². The summed E-state index contributed by atoms with van der Waals surface area (Å²) >= 11 is 0. The Bertz CT molecular complexity index is 1120. The number of nitrogens with two attached hydrogens (primary N) is 1. The van der Waals surface area contributed by atoms with E-state index in [2.05, 4.69) is 20.3 Å². The minimum Gasteiger partial charge on any atom is -0.497 e. The van der Waals surface area contributed by atoms with Crippen molar-refractivity contribution in [3.63, 3.8) is 0 Å². The van der Waals surface area contributed by atoms with Gasteiger partial charge in [0.2, 0.25) is 0 Å². The molecule has 7 nitrogen and oxygen atoms in total. The van der Waals surface area contributed by atoms with Gasteiger partial charge in [-0.3, -0.25) is 0 Å². The van der Waals surface area contributed by atoms with Gasteiger partial charge in [0.15, 0.2) is 11.5 Å². The van der Waals surface area contributed by atoms with E-state index < -0.39 is 0 Å². The van der Waals surface area contributed by atoms with E-state index in [-0.39, 0.29) is 0 Å². The summed E-state index contributed by atoms with van der Waals surface area (Å²) in [5.41, 5.74) is 10.6. The number of hydrogen-bond acceptors (Lipinski definition) is 6. The maximum Gasteiger partial charge on any atom is 0.158 e. The monoisotopic (exact) mass is 358 g/mol. The van der Waals surface area contributed by atoms with Gasteiger partial charge in [0.25, 0.3) is 0 Å². The Hall–Kier alpha value is -3.74. The number of benzene rings is 2. The van der Waals surface area contributed by atoms with E-state index in [0.717, 1.165) is 22.7 Å². The predicted octanol–water partition coefficient (Wildman–Crippen LogP) is 4.71. The maximum absolute atomic E-state index is 6.31. The van der Waals surface area contributed by atoms with E-state index in [1.54, 1.807) is 11.6 Å². The van der Waals surface area contributed by atoms with Crippen molar-refractivity contribution in [2.75, 3.05) is 12.8 Å². The second-order valence-corrected chi connectivity index (χ2v) is 5.99. The van der Waals surface area contributed by atoms with Crippen LogP contribution in [0.3, 0.4) is 0 Å². The van der Waals surface area contributed by atoms with Crippen molar-refractivity contribution in [2.45, 2.75) is 6.92 Å². The Morgan fingerprint density at radius 3 is 2.44 bits per heavy atom. The van der Waals surface area contributed by atoms with Crippen molar-refractivity contribution in [3.05, 3.63) is 66.4 Å². The lowest BCUT2D eigenvalue weighted by Gasteiger charge is -2.05. The molecule has 0 saturated carbocycles. The number of rotatable bonds is 4. The van der Waals surface area contributed by atoms with Crippen molar-refractivity contribution in [3.8, 4) is 17.0 Å². The van der Waals surface area contributed by atoms with E-state index in [1.807, 2.05) is 67.6 Å². The molecule has 7 heteroatoms. The lowest BCUT2D eigenvalue weighted by molar-refractivity contribution is 0.415. The molecule has 0 saturated heterocycles. The third-order valence-corrected chi connectivity index (χ3v) is 4.19. The van der Waals surface area contributed by atoms with Gasteiger partial charge in [-0.15, -0.1) is 5.11 Å². The predicted molar refractivity (Wildman–Crippen MR) is 105 cm³/mol. The summed E-state index contributed by atoms with van der Waals surface area (Å²) in [5.74, 6) is 1.19. The molecule has 4 aromatic rings. The average molecular weight is 358 g/mol. The summed E-state index contributed by atoms with van der Waals surface area (Å²) in [6, 6.07) is 19.0. The highest BCUT2D eigenvalue weighted by molar-refractivity contribution is 5.70. The van der Waals surface area contributed by atoms with Crippen LogP contribution in [0.2, 0.25) is 0 Å². The number of fused-ring (bicyclic) bond motifs is 1. The van der Waals surface area contributed by atoms with Crippen LogP contribution >= 0.6 is 0 Å². The third kappa shape index (κ3) is 3.22. The Kier molecular flexibility index (Phi) is 4.25. The van der Waals surface area contributed by atoms with Gasteiger partial charge < -0.3 is 10.5 Å². The average Bonchev–Trinajstić information content (AvgIpc) is 3.13. The molecule has 0 bridgehead atoms. The van der Waals surface area contributed by atoms with Crippen LogP contribution in [0.25, 0.3) is 16.9 Å². The van der Waals surface area contributed by atoms with Gasteiger partial charge in [-0.2, -0.15) is 14.7 Å². The van der Waals surface area contributed by atoms with Gasteiger partial charge >= 0.3 is 0 Å². The van der Waals surface area contributed by atoms with Gasteiger partial charge in [-0.25, -0.2) is 4.98 Å². The molecule has 0 aliphatic carbocycles. The zero-order chi connectivity index (χ0) is 18.8.